The monoisotopic (exact) mass is 271 g/mol. The van der Waals surface area contributed by atoms with Gasteiger partial charge in [0.2, 0.25) is 0 Å². The van der Waals surface area contributed by atoms with Crippen LogP contribution >= 0.6 is 11.3 Å². The van der Waals surface area contributed by atoms with Gasteiger partial charge in [-0.05, 0) is 35.7 Å². The van der Waals surface area contributed by atoms with Crippen molar-refractivity contribution in [3.63, 3.8) is 0 Å². The molecule has 2 rings (SSSR count). The number of likely N-dealkylation sites (N-methyl/N-ethyl adjacent to an activating group) is 1. The molecular formula is C17H21NS. The van der Waals surface area contributed by atoms with Crippen LogP contribution in [0, 0.1) is 0 Å². The van der Waals surface area contributed by atoms with Crippen molar-refractivity contribution in [2.75, 3.05) is 19.6 Å². The molecule has 0 atom stereocenters. The molecule has 0 aliphatic carbocycles. The normalized spacial score (nSPS) is 12.1. The van der Waals surface area contributed by atoms with Gasteiger partial charge in [0.1, 0.15) is 0 Å². The Bertz CT molecular complexity index is 495. The highest BCUT2D eigenvalue weighted by Gasteiger charge is 2.06. The second-order valence-electron chi connectivity index (χ2n) is 4.45. The van der Waals surface area contributed by atoms with E-state index < -0.39 is 0 Å². The molecule has 1 aromatic carbocycles. The summed E-state index contributed by atoms with van der Waals surface area (Å²) in [6.45, 7) is 7.63. The molecule has 0 radical (unpaired) electrons. The molecule has 1 nitrogen and oxygen atoms in total. The van der Waals surface area contributed by atoms with Crippen molar-refractivity contribution in [2.24, 2.45) is 0 Å². The molecule has 0 N–H and O–H groups in total. The summed E-state index contributed by atoms with van der Waals surface area (Å²) in [7, 11) is 0. The number of benzene rings is 1. The minimum atomic E-state index is 1.01. The minimum absolute atomic E-state index is 1.01. The highest BCUT2D eigenvalue weighted by Crippen LogP contribution is 2.27. The third-order valence-corrected chi connectivity index (χ3v) is 4.22. The number of thiophene rings is 1. The lowest BCUT2D eigenvalue weighted by atomic mass is 10.0. The minimum Gasteiger partial charge on any atom is -0.300 e. The molecule has 0 spiro atoms. The second-order valence-corrected chi connectivity index (χ2v) is 5.39. The van der Waals surface area contributed by atoms with Crippen molar-refractivity contribution < 1.29 is 0 Å². The van der Waals surface area contributed by atoms with Crippen molar-refractivity contribution in [1.29, 1.82) is 0 Å². The van der Waals surface area contributed by atoms with Gasteiger partial charge < -0.3 is 4.90 Å². The topological polar surface area (TPSA) is 3.24 Å². The molecule has 0 amide bonds. The molecule has 0 aliphatic heterocycles. The quantitative estimate of drug-likeness (QED) is 0.746. The van der Waals surface area contributed by atoms with Crippen molar-refractivity contribution in [1.82, 2.24) is 4.90 Å². The molecule has 1 aromatic heterocycles. The smallest absolute Gasteiger partial charge is 0.0345 e. The van der Waals surface area contributed by atoms with E-state index in [2.05, 4.69) is 72.7 Å². The average molecular weight is 271 g/mol. The van der Waals surface area contributed by atoms with E-state index in [4.69, 9.17) is 0 Å². The largest absolute Gasteiger partial charge is 0.300 e. The van der Waals surface area contributed by atoms with Gasteiger partial charge in [0.15, 0.2) is 0 Å². The van der Waals surface area contributed by atoms with E-state index in [1.165, 1.54) is 16.0 Å². The van der Waals surface area contributed by atoms with E-state index in [0.29, 0.717) is 0 Å². The fraction of sp³-hybridized carbons (Fsp3) is 0.294. The molecule has 0 fully saturated rings. The highest BCUT2D eigenvalue weighted by atomic mass is 32.1. The van der Waals surface area contributed by atoms with E-state index in [1.807, 2.05) is 0 Å². The Hall–Kier alpha value is -1.38. The van der Waals surface area contributed by atoms with Gasteiger partial charge >= 0.3 is 0 Å². The van der Waals surface area contributed by atoms with Gasteiger partial charge in [0, 0.05) is 11.4 Å². The number of hydrogen-bond acceptors (Lipinski definition) is 2. The van der Waals surface area contributed by atoms with Gasteiger partial charge in [0.25, 0.3) is 0 Å². The molecule has 0 unspecified atom stereocenters. The van der Waals surface area contributed by atoms with Crippen LogP contribution in [0.25, 0.3) is 5.57 Å². The van der Waals surface area contributed by atoms with E-state index in [-0.39, 0.29) is 0 Å². The lowest BCUT2D eigenvalue weighted by molar-refractivity contribution is 0.337. The Morgan fingerprint density at radius 2 is 1.79 bits per heavy atom. The van der Waals surface area contributed by atoms with Crippen molar-refractivity contribution in [3.05, 3.63) is 64.4 Å². The first-order valence-electron chi connectivity index (χ1n) is 6.87. The third-order valence-electron chi connectivity index (χ3n) is 3.32. The second kappa shape index (κ2) is 7.27. The Labute approximate surface area is 120 Å². The summed E-state index contributed by atoms with van der Waals surface area (Å²) in [4.78, 5) is 3.77. The lowest BCUT2D eigenvalue weighted by Gasteiger charge is -2.16. The molecule has 2 heteroatoms. The van der Waals surface area contributed by atoms with Crippen LogP contribution in [-0.2, 0) is 0 Å². The van der Waals surface area contributed by atoms with Crippen LogP contribution in [-0.4, -0.2) is 24.5 Å². The summed E-state index contributed by atoms with van der Waals surface area (Å²) in [5.74, 6) is 0. The van der Waals surface area contributed by atoms with Crippen molar-refractivity contribution in [2.45, 2.75) is 13.8 Å². The number of hydrogen-bond donors (Lipinski definition) is 0. The zero-order valence-electron chi connectivity index (χ0n) is 11.7. The molecule has 100 valence electrons. The summed E-state index contributed by atoms with van der Waals surface area (Å²) in [6, 6.07) is 15.0. The van der Waals surface area contributed by atoms with Crippen molar-refractivity contribution >= 4 is 16.9 Å². The predicted molar refractivity (Wildman–Crippen MR) is 85.6 cm³/mol. The molecule has 0 saturated heterocycles. The van der Waals surface area contributed by atoms with Crippen LogP contribution in [0.3, 0.4) is 0 Å². The van der Waals surface area contributed by atoms with Crippen LogP contribution < -0.4 is 0 Å². The molecular weight excluding hydrogens is 250 g/mol. The number of rotatable bonds is 6. The van der Waals surface area contributed by atoms with Crippen LogP contribution in [0.2, 0.25) is 0 Å². The summed E-state index contributed by atoms with van der Waals surface area (Å²) < 4.78 is 0. The van der Waals surface area contributed by atoms with E-state index in [9.17, 15) is 0 Å². The van der Waals surface area contributed by atoms with E-state index in [1.54, 1.807) is 11.3 Å². The van der Waals surface area contributed by atoms with Crippen LogP contribution in [0.1, 0.15) is 24.3 Å². The molecule has 0 bridgehead atoms. The molecule has 0 aliphatic rings. The van der Waals surface area contributed by atoms with Gasteiger partial charge in [0.05, 0.1) is 0 Å². The summed E-state index contributed by atoms with van der Waals surface area (Å²) in [6.07, 6.45) is 2.36. The van der Waals surface area contributed by atoms with Gasteiger partial charge in [-0.2, -0.15) is 0 Å². The average Bonchev–Trinajstić information content (AvgIpc) is 2.99. The van der Waals surface area contributed by atoms with Gasteiger partial charge in [-0.3, -0.25) is 0 Å². The summed E-state index contributed by atoms with van der Waals surface area (Å²) in [5.41, 5.74) is 2.65. The Morgan fingerprint density at radius 1 is 1.05 bits per heavy atom. The van der Waals surface area contributed by atoms with Crippen LogP contribution in [0.5, 0.6) is 0 Å². The van der Waals surface area contributed by atoms with Gasteiger partial charge in [-0.1, -0.05) is 56.3 Å². The third kappa shape index (κ3) is 3.79. The summed E-state index contributed by atoms with van der Waals surface area (Å²) >= 11 is 1.81. The molecule has 19 heavy (non-hydrogen) atoms. The van der Waals surface area contributed by atoms with Crippen LogP contribution in [0.4, 0.5) is 0 Å². The Balaban J connectivity index is 2.28. The maximum Gasteiger partial charge on any atom is 0.0345 e. The molecule has 0 saturated carbocycles. The maximum atomic E-state index is 2.43. The number of nitrogens with zero attached hydrogens (tertiary/aromatic N) is 1. The first kappa shape index (κ1) is 14.0. The predicted octanol–water partition coefficient (Wildman–Crippen LogP) is 4.52. The highest BCUT2D eigenvalue weighted by molar-refractivity contribution is 7.11. The van der Waals surface area contributed by atoms with Crippen molar-refractivity contribution in [3.8, 4) is 0 Å². The maximum absolute atomic E-state index is 2.43. The zero-order valence-corrected chi connectivity index (χ0v) is 12.5. The fourth-order valence-electron chi connectivity index (χ4n) is 2.11. The summed E-state index contributed by atoms with van der Waals surface area (Å²) in [5, 5.41) is 2.14. The first-order chi connectivity index (χ1) is 9.35. The standard InChI is InChI=1S/C17H21NS/c1-3-18(4-2)13-12-16(17-11-8-14-19-17)15-9-6-5-7-10-15/h5-12,14H,3-4,13H2,1-2H3. The van der Waals surface area contributed by atoms with E-state index >= 15 is 0 Å². The zero-order chi connectivity index (χ0) is 13.5. The lowest BCUT2D eigenvalue weighted by Crippen LogP contribution is -2.22. The Kier molecular flexibility index (Phi) is 5.37. The fourth-order valence-corrected chi connectivity index (χ4v) is 2.90. The molecule has 1 heterocycles. The van der Waals surface area contributed by atoms with Gasteiger partial charge in [-0.25, -0.2) is 0 Å². The SMILES string of the molecule is CCN(CC)CC=C(c1ccccc1)c1cccs1. The first-order valence-corrected chi connectivity index (χ1v) is 7.75. The van der Waals surface area contributed by atoms with Gasteiger partial charge in [-0.15, -0.1) is 11.3 Å². The van der Waals surface area contributed by atoms with Crippen LogP contribution in [0.15, 0.2) is 53.9 Å². The Morgan fingerprint density at radius 3 is 2.37 bits per heavy atom. The van der Waals surface area contributed by atoms with E-state index in [0.717, 1.165) is 19.6 Å². The molecule has 2 aromatic rings.